The topological polar surface area (TPSA) is 65.0 Å². The van der Waals surface area contributed by atoms with Gasteiger partial charge in [-0.1, -0.05) is 71.3 Å². The highest BCUT2D eigenvalue weighted by Crippen LogP contribution is 2.49. The van der Waals surface area contributed by atoms with Crippen LogP contribution in [0.3, 0.4) is 0 Å². The van der Waals surface area contributed by atoms with Crippen molar-refractivity contribution in [2.24, 2.45) is 0 Å². The zero-order chi connectivity index (χ0) is 23.7. The highest BCUT2D eigenvalue weighted by atomic mass is 31.2. The third-order valence-electron chi connectivity index (χ3n) is 4.47. The molecule has 0 saturated carbocycles. The molecule has 0 saturated heterocycles. The molecule has 4 aromatic carbocycles. The van der Waals surface area contributed by atoms with E-state index in [-0.39, 0.29) is 0 Å². The lowest BCUT2D eigenvalue weighted by Gasteiger charge is -2.19. The molecule has 1 N–H and O–H groups in total. The van der Waals surface area contributed by atoms with Crippen LogP contribution in [0.5, 0.6) is 23.0 Å². The molecule has 4 aromatic rings. The van der Waals surface area contributed by atoms with Crippen molar-refractivity contribution in [3.63, 3.8) is 0 Å². The molecule has 0 fully saturated rings. The third-order valence-corrected chi connectivity index (χ3v) is 5.77. The van der Waals surface area contributed by atoms with E-state index < -0.39 is 7.82 Å². The average Bonchev–Trinajstić information content (AvgIpc) is 2.80. The Kier molecular flexibility index (Phi) is 8.17. The molecule has 0 atom stereocenters. The number of aromatic hydroxyl groups is 1. The summed E-state index contributed by atoms with van der Waals surface area (Å²) in [4.78, 5) is 0. The smallest absolute Gasteiger partial charge is 0.508 e. The summed E-state index contributed by atoms with van der Waals surface area (Å²) in [5.41, 5.74) is 3.23. The molecule has 0 aromatic heterocycles. The van der Waals surface area contributed by atoms with Crippen molar-refractivity contribution in [3.8, 4) is 23.0 Å². The van der Waals surface area contributed by atoms with E-state index in [1.54, 1.807) is 60.7 Å². The van der Waals surface area contributed by atoms with Crippen LogP contribution in [0.1, 0.15) is 16.7 Å². The lowest BCUT2D eigenvalue weighted by molar-refractivity contribution is 0.298. The lowest BCUT2D eigenvalue weighted by Crippen LogP contribution is -2.07. The number of rotatable bonds is 6. The fourth-order valence-corrected chi connectivity index (χ4v) is 3.92. The molecule has 33 heavy (non-hydrogen) atoms. The summed E-state index contributed by atoms with van der Waals surface area (Å²) < 4.78 is 30.2. The van der Waals surface area contributed by atoms with E-state index in [4.69, 9.17) is 18.7 Å². The maximum atomic E-state index is 13.3. The minimum absolute atomic E-state index is 0.322. The Bertz CT molecular complexity index is 1050. The zero-order valence-electron chi connectivity index (χ0n) is 18.8. The number of para-hydroxylation sites is 1. The van der Waals surface area contributed by atoms with E-state index >= 15 is 0 Å². The van der Waals surface area contributed by atoms with Gasteiger partial charge >= 0.3 is 7.82 Å². The highest BCUT2D eigenvalue weighted by Gasteiger charge is 2.33. The highest BCUT2D eigenvalue weighted by molar-refractivity contribution is 7.49. The Morgan fingerprint density at radius 3 is 1.06 bits per heavy atom. The van der Waals surface area contributed by atoms with Gasteiger partial charge in [-0.2, -0.15) is 4.57 Å². The summed E-state index contributed by atoms with van der Waals surface area (Å²) in [6, 6.07) is 30.4. The second-order valence-corrected chi connectivity index (χ2v) is 8.94. The second-order valence-electron chi connectivity index (χ2n) is 7.50. The number of phosphoric acid groups is 1. The van der Waals surface area contributed by atoms with Gasteiger partial charge in [0.1, 0.15) is 23.0 Å². The maximum Gasteiger partial charge on any atom is 0.647 e. The summed E-state index contributed by atoms with van der Waals surface area (Å²) in [7, 11) is -3.93. The summed E-state index contributed by atoms with van der Waals surface area (Å²) in [5.74, 6) is 1.57. The van der Waals surface area contributed by atoms with Crippen molar-refractivity contribution in [2.75, 3.05) is 0 Å². The molecule has 170 valence electrons. The van der Waals surface area contributed by atoms with Gasteiger partial charge in [-0.3, -0.25) is 0 Å². The van der Waals surface area contributed by atoms with Crippen molar-refractivity contribution in [3.05, 3.63) is 120 Å². The van der Waals surface area contributed by atoms with Gasteiger partial charge in [-0.05, 0) is 69.3 Å². The predicted molar refractivity (Wildman–Crippen MR) is 131 cm³/mol. The van der Waals surface area contributed by atoms with Crippen molar-refractivity contribution in [1.82, 2.24) is 0 Å². The van der Waals surface area contributed by atoms with Crippen LogP contribution in [0.4, 0.5) is 0 Å². The van der Waals surface area contributed by atoms with Crippen molar-refractivity contribution < 1.29 is 23.2 Å². The van der Waals surface area contributed by atoms with E-state index in [2.05, 4.69) is 0 Å². The van der Waals surface area contributed by atoms with Crippen LogP contribution >= 0.6 is 7.82 Å². The first-order valence-electron chi connectivity index (χ1n) is 10.4. The molecule has 0 aliphatic carbocycles. The van der Waals surface area contributed by atoms with Gasteiger partial charge in [0.05, 0.1) is 0 Å². The van der Waals surface area contributed by atoms with Gasteiger partial charge in [0.15, 0.2) is 0 Å². The van der Waals surface area contributed by atoms with Gasteiger partial charge in [0, 0.05) is 0 Å². The van der Waals surface area contributed by atoms with Gasteiger partial charge in [-0.25, -0.2) is 0 Å². The van der Waals surface area contributed by atoms with Crippen LogP contribution < -0.4 is 13.6 Å². The molecule has 4 rings (SSSR count). The SMILES string of the molecule is Cc1ccc(OP(=O)(Oc2ccc(C)cc2)Oc2ccc(C)cc2)cc1.Oc1ccccc1. The minimum Gasteiger partial charge on any atom is -0.508 e. The Balaban J connectivity index is 0.000000374. The first-order chi connectivity index (χ1) is 15.8. The Hall–Kier alpha value is -3.69. The summed E-state index contributed by atoms with van der Waals surface area (Å²) >= 11 is 0. The van der Waals surface area contributed by atoms with E-state index in [1.807, 2.05) is 63.2 Å². The average molecular weight is 462 g/mol. The number of phenols is 1. The van der Waals surface area contributed by atoms with E-state index in [0.717, 1.165) is 16.7 Å². The fraction of sp³-hybridized carbons (Fsp3) is 0.111. The molecule has 0 bridgehead atoms. The standard InChI is InChI=1S/C21H21O4P.C6H6O/c1-16-4-10-19(11-5-16)23-26(22,24-20-12-6-17(2)7-13-20)25-21-14-8-18(3)9-15-21;7-6-4-2-1-3-5-6/h4-15H,1-3H3;1-5,7H. The largest absolute Gasteiger partial charge is 0.647 e. The number of phenolic OH excluding ortho intramolecular Hbond substituents is 1. The number of hydrogen-bond acceptors (Lipinski definition) is 5. The monoisotopic (exact) mass is 462 g/mol. The van der Waals surface area contributed by atoms with Crippen LogP contribution in [0.2, 0.25) is 0 Å². The van der Waals surface area contributed by atoms with Gasteiger partial charge in [-0.15, -0.1) is 0 Å². The van der Waals surface area contributed by atoms with Crippen LogP contribution in [0.25, 0.3) is 0 Å². The molecular formula is C27H27O5P. The van der Waals surface area contributed by atoms with Crippen LogP contribution in [0.15, 0.2) is 103 Å². The lowest BCUT2D eigenvalue weighted by atomic mass is 10.2. The number of benzene rings is 4. The number of phosphoric ester groups is 1. The molecule has 0 aliphatic rings. The normalized spacial score (nSPS) is 10.5. The summed E-state index contributed by atoms with van der Waals surface area (Å²) in [6.07, 6.45) is 0. The van der Waals surface area contributed by atoms with Gasteiger partial charge < -0.3 is 18.7 Å². The Labute approximate surface area is 194 Å². The molecular weight excluding hydrogens is 435 g/mol. The molecule has 0 spiro atoms. The Morgan fingerprint density at radius 1 is 0.515 bits per heavy atom. The van der Waals surface area contributed by atoms with Crippen molar-refractivity contribution >= 4 is 7.82 Å². The fourth-order valence-electron chi connectivity index (χ4n) is 2.67. The van der Waals surface area contributed by atoms with Crippen LogP contribution in [0, 0.1) is 20.8 Å². The van der Waals surface area contributed by atoms with Gasteiger partial charge in [0.2, 0.25) is 0 Å². The number of hydrogen-bond donors (Lipinski definition) is 1. The second kappa shape index (κ2) is 11.3. The van der Waals surface area contributed by atoms with Crippen molar-refractivity contribution in [1.29, 1.82) is 0 Å². The predicted octanol–water partition coefficient (Wildman–Crippen LogP) is 7.65. The molecule has 0 radical (unpaired) electrons. The van der Waals surface area contributed by atoms with E-state index in [0.29, 0.717) is 23.0 Å². The third kappa shape index (κ3) is 8.06. The molecule has 0 unspecified atom stereocenters. The molecule has 0 amide bonds. The van der Waals surface area contributed by atoms with Crippen LogP contribution in [-0.2, 0) is 4.57 Å². The molecule has 5 nitrogen and oxygen atoms in total. The van der Waals surface area contributed by atoms with Crippen LogP contribution in [-0.4, -0.2) is 5.11 Å². The molecule has 0 heterocycles. The quantitative estimate of drug-likeness (QED) is 0.298. The minimum atomic E-state index is -3.93. The number of aryl methyl sites for hydroxylation is 3. The van der Waals surface area contributed by atoms with Gasteiger partial charge in [0.25, 0.3) is 0 Å². The maximum absolute atomic E-state index is 13.3. The first kappa shape index (κ1) is 24.0. The van der Waals surface area contributed by atoms with Crippen molar-refractivity contribution in [2.45, 2.75) is 20.8 Å². The van der Waals surface area contributed by atoms with E-state index in [1.165, 1.54) is 0 Å². The summed E-state index contributed by atoms with van der Waals surface area (Å²) in [6.45, 7) is 5.90. The zero-order valence-corrected chi connectivity index (χ0v) is 19.7. The summed E-state index contributed by atoms with van der Waals surface area (Å²) in [5, 5.41) is 8.63. The first-order valence-corrected chi connectivity index (χ1v) is 11.9. The molecule has 6 heteroatoms. The van der Waals surface area contributed by atoms with E-state index in [9.17, 15) is 4.57 Å². The molecule has 0 aliphatic heterocycles. The Morgan fingerprint density at radius 2 is 0.818 bits per heavy atom.